The highest BCUT2D eigenvalue weighted by Crippen LogP contribution is 2.35. The summed E-state index contributed by atoms with van der Waals surface area (Å²) < 4.78 is 5.90. The molecule has 1 rings (SSSR count). The molecule has 0 aromatic heterocycles. The maximum absolute atomic E-state index is 11.4. The monoisotopic (exact) mass is 242 g/mol. The average molecular weight is 242 g/mol. The average Bonchev–Trinajstić information content (AvgIpc) is 2.27. The third kappa shape index (κ3) is 3.96. The third-order valence-electron chi connectivity index (χ3n) is 3.85. The van der Waals surface area contributed by atoms with Crippen LogP contribution in [0.5, 0.6) is 0 Å². The number of hydrazine groups is 1. The molecule has 0 spiro atoms. The van der Waals surface area contributed by atoms with Crippen LogP contribution in [0.3, 0.4) is 0 Å². The molecule has 0 aromatic rings. The molecule has 0 saturated heterocycles. The van der Waals surface area contributed by atoms with E-state index in [9.17, 15) is 4.79 Å². The van der Waals surface area contributed by atoms with Gasteiger partial charge in [-0.25, -0.2) is 5.84 Å². The molecule has 0 heterocycles. The van der Waals surface area contributed by atoms with E-state index in [1.54, 1.807) is 6.92 Å². The second kappa shape index (κ2) is 6.36. The second-order valence-corrected chi connectivity index (χ2v) is 5.65. The van der Waals surface area contributed by atoms with E-state index >= 15 is 0 Å². The van der Waals surface area contributed by atoms with Gasteiger partial charge in [0.2, 0.25) is 0 Å². The van der Waals surface area contributed by atoms with Gasteiger partial charge in [-0.1, -0.05) is 27.2 Å². The van der Waals surface area contributed by atoms with Crippen LogP contribution in [0.15, 0.2) is 0 Å². The normalized spacial score (nSPS) is 31.3. The molecule has 1 aliphatic carbocycles. The molecule has 1 fully saturated rings. The SMILES string of the molecule is CC1CCC(C(C)C)C(OC(C)C(=O)NN)C1. The van der Waals surface area contributed by atoms with Crippen molar-refractivity contribution in [1.82, 2.24) is 5.43 Å². The number of hydrogen-bond donors (Lipinski definition) is 2. The highest BCUT2D eigenvalue weighted by Gasteiger charge is 2.33. The first-order valence-corrected chi connectivity index (χ1v) is 6.61. The first-order chi connectivity index (χ1) is 7.95. The number of ether oxygens (including phenoxy) is 1. The summed E-state index contributed by atoms with van der Waals surface area (Å²) in [6.07, 6.45) is 3.23. The van der Waals surface area contributed by atoms with Crippen LogP contribution in [0.4, 0.5) is 0 Å². The van der Waals surface area contributed by atoms with Crippen LogP contribution in [-0.4, -0.2) is 18.1 Å². The van der Waals surface area contributed by atoms with Crippen LogP contribution < -0.4 is 11.3 Å². The molecule has 100 valence electrons. The van der Waals surface area contributed by atoms with Gasteiger partial charge in [0.05, 0.1) is 6.10 Å². The van der Waals surface area contributed by atoms with E-state index in [1.165, 1.54) is 12.8 Å². The summed E-state index contributed by atoms with van der Waals surface area (Å²) in [5.74, 6) is 6.71. The van der Waals surface area contributed by atoms with E-state index in [1.807, 2.05) is 0 Å². The fraction of sp³-hybridized carbons (Fsp3) is 0.923. The number of carbonyl (C=O) groups excluding carboxylic acids is 1. The number of nitrogens with one attached hydrogen (secondary N) is 1. The summed E-state index contributed by atoms with van der Waals surface area (Å²) in [5.41, 5.74) is 2.15. The standard InChI is InChI=1S/C13H26N2O2/c1-8(2)11-6-5-9(3)7-12(11)17-10(4)13(16)15-14/h8-12H,5-7,14H2,1-4H3,(H,15,16). The van der Waals surface area contributed by atoms with E-state index in [0.29, 0.717) is 17.8 Å². The van der Waals surface area contributed by atoms with Crippen molar-refractivity contribution in [2.45, 2.75) is 59.2 Å². The smallest absolute Gasteiger partial charge is 0.262 e. The molecule has 1 amide bonds. The lowest BCUT2D eigenvalue weighted by Crippen LogP contribution is -2.43. The lowest BCUT2D eigenvalue weighted by Gasteiger charge is -2.38. The summed E-state index contributed by atoms with van der Waals surface area (Å²) >= 11 is 0. The summed E-state index contributed by atoms with van der Waals surface area (Å²) in [5, 5.41) is 0. The molecule has 4 atom stereocenters. The van der Waals surface area contributed by atoms with Crippen LogP contribution in [0.25, 0.3) is 0 Å². The molecule has 3 N–H and O–H groups in total. The van der Waals surface area contributed by atoms with Crippen LogP contribution in [0.2, 0.25) is 0 Å². The van der Waals surface area contributed by atoms with Crippen molar-refractivity contribution < 1.29 is 9.53 Å². The van der Waals surface area contributed by atoms with Crippen molar-refractivity contribution in [1.29, 1.82) is 0 Å². The molecule has 0 aliphatic heterocycles. The van der Waals surface area contributed by atoms with Gasteiger partial charge in [0.25, 0.3) is 5.91 Å². The third-order valence-corrected chi connectivity index (χ3v) is 3.85. The molecule has 0 bridgehead atoms. The minimum absolute atomic E-state index is 0.186. The Bertz CT molecular complexity index is 256. The Hall–Kier alpha value is -0.610. The largest absolute Gasteiger partial charge is 0.365 e. The maximum atomic E-state index is 11.4. The predicted molar refractivity (Wildman–Crippen MR) is 68.0 cm³/mol. The van der Waals surface area contributed by atoms with Gasteiger partial charge in [-0.15, -0.1) is 0 Å². The van der Waals surface area contributed by atoms with E-state index in [-0.39, 0.29) is 12.0 Å². The predicted octanol–water partition coefficient (Wildman–Crippen LogP) is 1.84. The molecule has 0 aromatic carbocycles. The van der Waals surface area contributed by atoms with Crippen molar-refractivity contribution in [2.75, 3.05) is 0 Å². The van der Waals surface area contributed by atoms with E-state index in [2.05, 4.69) is 26.2 Å². The zero-order chi connectivity index (χ0) is 13.0. The summed E-state index contributed by atoms with van der Waals surface area (Å²) in [6.45, 7) is 8.47. The minimum atomic E-state index is -0.462. The van der Waals surface area contributed by atoms with Gasteiger partial charge in [0.1, 0.15) is 6.10 Å². The Balaban J connectivity index is 2.60. The fourth-order valence-corrected chi connectivity index (χ4v) is 2.71. The first-order valence-electron chi connectivity index (χ1n) is 6.61. The molecular formula is C13H26N2O2. The fourth-order valence-electron chi connectivity index (χ4n) is 2.71. The number of rotatable bonds is 4. The minimum Gasteiger partial charge on any atom is -0.365 e. The highest BCUT2D eigenvalue weighted by molar-refractivity contribution is 5.79. The Kier molecular flexibility index (Phi) is 5.40. The summed E-state index contributed by atoms with van der Waals surface area (Å²) in [7, 11) is 0. The quantitative estimate of drug-likeness (QED) is 0.449. The number of amides is 1. The van der Waals surface area contributed by atoms with Gasteiger partial charge < -0.3 is 4.74 Å². The lowest BCUT2D eigenvalue weighted by atomic mass is 9.75. The van der Waals surface area contributed by atoms with Crippen LogP contribution in [0.1, 0.15) is 47.0 Å². The summed E-state index contributed by atoms with van der Waals surface area (Å²) in [4.78, 5) is 11.4. The molecule has 1 saturated carbocycles. The van der Waals surface area contributed by atoms with Gasteiger partial charge in [0, 0.05) is 0 Å². The number of hydrogen-bond acceptors (Lipinski definition) is 3. The van der Waals surface area contributed by atoms with Gasteiger partial charge >= 0.3 is 0 Å². The second-order valence-electron chi connectivity index (χ2n) is 5.65. The molecule has 4 unspecified atom stereocenters. The van der Waals surface area contributed by atoms with Crippen LogP contribution in [0, 0.1) is 17.8 Å². The Morgan fingerprint density at radius 3 is 2.53 bits per heavy atom. The van der Waals surface area contributed by atoms with E-state index in [0.717, 1.165) is 6.42 Å². The van der Waals surface area contributed by atoms with Crippen molar-refractivity contribution in [2.24, 2.45) is 23.6 Å². The Morgan fingerprint density at radius 1 is 1.35 bits per heavy atom. The molecule has 0 radical (unpaired) electrons. The van der Waals surface area contributed by atoms with Crippen molar-refractivity contribution in [3.05, 3.63) is 0 Å². The molecule has 4 heteroatoms. The summed E-state index contributed by atoms with van der Waals surface area (Å²) in [6, 6.07) is 0. The van der Waals surface area contributed by atoms with Gasteiger partial charge in [-0.3, -0.25) is 10.2 Å². The highest BCUT2D eigenvalue weighted by atomic mass is 16.5. The number of carbonyl (C=O) groups is 1. The Labute approximate surface area is 104 Å². The lowest BCUT2D eigenvalue weighted by molar-refractivity contribution is -0.141. The Morgan fingerprint density at radius 2 is 2.00 bits per heavy atom. The molecule has 1 aliphatic rings. The van der Waals surface area contributed by atoms with Crippen molar-refractivity contribution >= 4 is 5.91 Å². The first kappa shape index (κ1) is 14.5. The zero-order valence-electron chi connectivity index (χ0n) is 11.4. The number of nitrogens with two attached hydrogens (primary N) is 1. The van der Waals surface area contributed by atoms with E-state index < -0.39 is 6.10 Å². The van der Waals surface area contributed by atoms with Crippen molar-refractivity contribution in [3.8, 4) is 0 Å². The van der Waals surface area contributed by atoms with E-state index in [4.69, 9.17) is 10.6 Å². The maximum Gasteiger partial charge on any atom is 0.262 e. The van der Waals surface area contributed by atoms with Gasteiger partial charge in [-0.2, -0.15) is 0 Å². The van der Waals surface area contributed by atoms with Gasteiger partial charge in [0.15, 0.2) is 0 Å². The molecule has 4 nitrogen and oxygen atoms in total. The molecule has 17 heavy (non-hydrogen) atoms. The molecular weight excluding hydrogens is 216 g/mol. The van der Waals surface area contributed by atoms with Crippen molar-refractivity contribution in [3.63, 3.8) is 0 Å². The van der Waals surface area contributed by atoms with Crippen LogP contribution in [-0.2, 0) is 9.53 Å². The van der Waals surface area contributed by atoms with Crippen LogP contribution >= 0.6 is 0 Å². The zero-order valence-corrected chi connectivity index (χ0v) is 11.4. The topological polar surface area (TPSA) is 64.3 Å². The van der Waals surface area contributed by atoms with Gasteiger partial charge in [-0.05, 0) is 37.5 Å².